The largest absolute Gasteiger partial charge is 0.480 e. The molecule has 4 amide bonds. The summed E-state index contributed by atoms with van der Waals surface area (Å²) < 4.78 is 0. The molecule has 8 N–H and O–H groups in total. The number of benzene rings is 1. The molecular formula is C21H31N5O6. The van der Waals surface area contributed by atoms with Gasteiger partial charge in [0.25, 0.3) is 0 Å². The molecule has 11 nitrogen and oxygen atoms in total. The summed E-state index contributed by atoms with van der Waals surface area (Å²) in [6.45, 7) is 3.00. The number of carboxylic acid groups (broad SMARTS) is 1. The van der Waals surface area contributed by atoms with Crippen LogP contribution in [-0.4, -0.2) is 59.4 Å². The number of nitrogens with one attached hydrogen (secondary N) is 3. The van der Waals surface area contributed by atoms with E-state index in [9.17, 15) is 24.0 Å². The summed E-state index contributed by atoms with van der Waals surface area (Å²) in [6, 6.07) is 5.53. The fraction of sp³-hybridized carbons (Fsp3) is 0.476. The number of rotatable bonds is 13. The molecule has 4 atom stereocenters. The van der Waals surface area contributed by atoms with Crippen LogP contribution in [0.15, 0.2) is 30.3 Å². The third-order valence-electron chi connectivity index (χ3n) is 4.93. The molecule has 0 bridgehead atoms. The van der Waals surface area contributed by atoms with Crippen LogP contribution < -0.4 is 27.4 Å². The molecule has 4 unspecified atom stereocenters. The Labute approximate surface area is 186 Å². The quantitative estimate of drug-likeness (QED) is 0.214. The Morgan fingerprint density at radius 2 is 1.56 bits per heavy atom. The topological polar surface area (TPSA) is 194 Å². The highest BCUT2D eigenvalue weighted by atomic mass is 16.4. The van der Waals surface area contributed by atoms with Crippen LogP contribution >= 0.6 is 0 Å². The van der Waals surface area contributed by atoms with E-state index in [1.165, 1.54) is 0 Å². The van der Waals surface area contributed by atoms with Crippen LogP contribution in [0, 0.1) is 5.92 Å². The first kappa shape index (κ1) is 26.6. The molecule has 32 heavy (non-hydrogen) atoms. The first-order chi connectivity index (χ1) is 15.0. The highest BCUT2D eigenvalue weighted by molar-refractivity contribution is 5.95. The lowest BCUT2D eigenvalue weighted by Gasteiger charge is -2.25. The molecular weight excluding hydrogens is 418 g/mol. The van der Waals surface area contributed by atoms with Gasteiger partial charge in [0.15, 0.2) is 0 Å². The Kier molecular flexibility index (Phi) is 10.8. The SMILES string of the molecule is CCC(C)C(N)C(=O)NC(Cc1ccccc1)C(=O)NC(CC(N)=O)C(=O)NCC(=O)O. The molecule has 0 aliphatic rings. The van der Waals surface area contributed by atoms with Crippen molar-refractivity contribution < 1.29 is 29.1 Å². The summed E-state index contributed by atoms with van der Waals surface area (Å²) in [7, 11) is 0. The molecule has 1 aromatic carbocycles. The van der Waals surface area contributed by atoms with E-state index in [0.29, 0.717) is 6.42 Å². The van der Waals surface area contributed by atoms with E-state index in [1.54, 1.807) is 30.3 Å². The Balaban J connectivity index is 3.04. The lowest BCUT2D eigenvalue weighted by Crippen LogP contribution is -2.57. The fourth-order valence-electron chi connectivity index (χ4n) is 2.81. The molecule has 1 rings (SSSR count). The standard InChI is InChI=1S/C21H31N5O6/c1-3-12(2)18(23)21(32)26-14(9-13-7-5-4-6-8-13)20(31)25-15(10-16(22)27)19(30)24-11-17(28)29/h4-8,12,14-15,18H,3,9-11,23H2,1-2H3,(H2,22,27)(H,24,30)(H,25,31)(H,26,32)(H,28,29). The van der Waals surface area contributed by atoms with Gasteiger partial charge in [0.05, 0.1) is 12.5 Å². The number of amides is 4. The Bertz CT molecular complexity index is 816. The van der Waals surface area contributed by atoms with Gasteiger partial charge < -0.3 is 32.5 Å². The number of hydrogen-bond donors (Lipinski definition) is 6. The fourth-order valence-corrected chi connectivity index (χ4v) is 2.81. The van der Waals surface area contributed by atoms with Crippen molar-refractivity contribution in [2.24, 2.45) is 17.4 Å². The van der Waals surface area contributed by atoms with E-state index in [-0.39, 0.29) is 12.3 Å². The second kappa shape index (κ2) is 13.1. The summed E-state index contributed by atoms with van der Waals surface area (Å²) in [5.74, 6) is -4.45. The normalized spacial score (nSPS) is 14.3. The highest BCUT2D eigenvalue weighted by Crippen LogP contribution is 2.08. The maximum absolute atomic E-state index is 13.0. The number of primary amides is 1. The summed E-state index contributed by atoms with van der Waals surface area (Å²) >= 11 is 0. The van der Waals surface area contributed by atoms with Gasteiger partial charge in [-0.1, -0.05) is 50.6 Å². The average molecular weight is 450 g/mol. The maximum Gasteiger partial charge on any atom is 0.322 e. The second-order valence-corrected chi connectivity index (χ2v) is 7.51. The van der Waals surface area contributed by atoms with Gasteiger partial charge in [-0.3, -0.25) is 24.0 Å². The molecule has 0 aliphatic carbocycles. The number of carbonyl (C=O) groups is 5. The molecule has 0 saturated carbocycles. The maximum atomic E-state index is 13.0. The minimum absolute atomic E-state index is 0.103. The second-order valence-electron chi connectivity index (χ2n) is 7.51. The first-order valence-corrected chi connectivity index (χ1v) is 10.2. The zero-order chi connectivity index (χ0) is 24.3. The molecule has 176 valence electrons. The molecule has 11 heteroatoms. The lowest BCUT2D eigenvalue weighted by atomic mass is 9.98. The van der Waals surface area contributed by atoms with E-state index in [4.69, 9.17) is 16.6 Å². The predicted molar refractivity (Wildman–Crippen MR) is 116 cm³/mol. The van der Waals surface area contributed by atoms with Gasteiger partial charge in [-0.2, -0.15) is 0 Å². The monoisotopic (exact) mass is 449 g/mol. The van der Waals surface area contributed by atoms with Gasteiger partial charge in [-0.25, -0.2) is 0 Å². The number of nitrogens with two attached hydrogens (primary N) is 2. The van der Waals surface area contributed by atoms with Crippen molar-refractivity contribution in [3.8, 4) is 0 Å². The molecule has 0 heterocycles. The summed E-state index contributed by atoms with van der Waals surface area (Å²) in [4.78, 5) is 59.9. The van der Waals surface area contributed by atoms with Crippen molar-refractivity contribution in [2.45, 2.75) is 51.2 Å². The van der Waals surface area contributed by atoms with Crippen molar-refractivity contribution >= 4 is 29.6 Å². The van der Waals surface area contributed by atoms with E-state index in [0.717, 1.165) is 5.56 Å². The van der Waals surface area contributed by atoms with Crippen LogP contribution in [0.5, 0.6) is 0 Å². The minimum Gasteiger partial charge on any atom is -0.480 e. The summed E-state index contributed by atoms with van der Waals surface area (Å²) in [5.41, 5.74) is 11.9. The van der Waals surface area contributed by atoms with Gasteiger partial charge >= 0.3 is 5.97 Å². The molecule has 0 spiro atoms. The predicted octanol–water partition coefficient (Wildman–Crippen LogP) is -1.35. The Morgan fingerprint density at radius 1 is 0.969 bits per heavy atom. The third kappa shape index (κ3) is 9.13. The van der Waals surface area contributed by atoms with Gasteiger partial charge in [-0.05, 0) is 11.5 Å². The number of aliphatic carboxylic acids is 1. The highest BCUT2D eigenvalue weighted by Gasteiger charge is 2.30. The summed E-state index contributed by atoms with van der Waals surface area (Å²) in [6.07, 6.45) is 0.218. The van der Waals surface area contributed by atoms with Crippen LogP contribution in [0.1, 0.15) is 32.3 Å². The van der Waals surface area contributed by atoms with Crippen LogP contribution in [-0.2, 0) is 30.4 Å². The first-order valence-electron chi connectivity index (χ1n) is 10.2. The smallest absolute Gasteiger partial charge is 0.322 e. The molecule has 0 saturated heterocycles. The molecule has 0 radical (unpaired) electrons. The number of hydrogen-bond acceptors (Lipinski definition) is 6. The number of carboxylic acids is 1. The zero-order valence-electron chi connectivity index (χ0n) is 18.2. The minimum atomic E-state index is -1.40. The van der Waals surface area contributed by atoms with Gasteiger partial charge in [0, 0.05) is 6.42 Å². The van der Waals surface area contributed by atoms with Crippen LogP contribution in [0.2, 0.25) is 0 Å². The third-order valence-corrected chi connectivity index (χ3v) is 4.93. The van der Waals surface area contributed by atoms with E-state index in [2.05, 4.69) is 16.0 Å². The van der Waals surface area contributed by atoms with Gasteiger partial charge in [-0.15, -0.1) is 0 Å². The Hall–Kier alpha value is -3.47. The molecule has 0 aromatic heterocycles. The van der Waals surface area contributed by atoms with Crippen LogP contribution in [0.3, 0.4) is 0 Å². The van der Waals surface area contributed by atoms with E-state index >= 15 is 0 Å². The molecule has 0 fully saturated rings. The van der Waals surface area contributed by atoms with Crippen molar-refractivity contribution in [3.05, 3.63) is 35.9 Å². The molecule has 0 aliphatic heterocycles. The number of carbonyl (C=O) groups excluding carboxylic acids is 4. The average Bonchev–Trinajstić information content (AvgIpc) is 2.75. The zero-order valence-corrected chi connectivity index (χ0v) is 18.2. The Morgan fingerprint density at radius 3 is 2.09 bits per heavy atom. The van der Waals surface area contributed by atoms with Gasteiger partial charge in [0.1, 0.15) is 18.6 Å². The van der Waals surface area contributed by atoms with Crippen LogP contribution in [0.4, 0.5) is 0 Å². The van der Waals surface area contributed by atoms with Crippen molar-refractivity contribution in [3.63, 3.8) is 0 Å². The van der Waals surface area contributed by atoms with Crippen molar-refractivity contribution in [1.82, 2.24) is 16.0 Å². The van der Waals surface area contributed by atoms with Crippen molar-refractivity contribution in [1.29, 1.82) is 0 Å². The van der Waals surface area contributed by atoms with Crippen molar-refractivity contribution in [2.75, 3.05) is 6.54 Å². The van der Waals surface area contributed by atoms with Crippen LogP contribution in [0.25, 0.3) is 0 Å². The lowest BCUT2D eigenvalue weighted by molar-refractivity contribution is -0.138. The molecule has 1 aromatic rings. The van der Waals surface area contributed by atoms with Gasteiger partial charge in [0.2, 0.25) is 23.6 Å². The summed E-state index contributed by atoms with van der Waals surface area (Å²) in [5, 5.41) is 15.8. The van der Waals surface area contributed by atoms with E-state index in [1.807, 2.05) is 13.8 Å². The van der Waals surface area contributed by atoms with E-state index < -0.39 is 60.7 Å².